The first-order valence-corrected chi connectivity index (χ1v) is 45.7. The van der Waals surface area contributed by atoms with Crippen LogP contribution >= 0.6 is 0 Å². The first kappa shape index (κ1) is 74.4. The molecule has 0 N–H and O–H groups in total. The summed E-state index contributed by atoms with van der Waals surface area (Å²) in [5.74, 6) is 0. The number of hydrogen-bond donors (Lipinski definition) is 0. The lowest BCUT2D eigenvalue weighted by molar-refractivity contribution is 0.531. The van der Waals surface area contributed by atoms with Crippen LogP contribution in [0, 0.1) is 0 Å². The number of para-hydroxylation sites is 2. The molecular weight excluding hydrogens is 1550 g/mol. The molecule has 0 aliphatic carbocycles. The van der Waals surface area contributed by atoms with Gasteiger partial charge in [-0.15, -0.1) is 0 Å². The van der Waals surface area contributed by atoms with Crippen LogP contribution in [0.1, 0.15) is 222 Å². The molecule has 638 valence electrons. The fourth-order valence-corrected chi connectivity index (χ4v) is 19.8. The number of rotatable bonds is 9. The first-order chi connectivity index (χ1) is 63.9. The van der Waals surface area contributed by atoms with E-state index in [1.165, 1.54) is 22.3 Å². The smallest absolute Gasteiger partial charge is 0.252 e. The summed E-state index contributed by atoms with van der Waals surface area (Å²) in [4.78, 5) is 10.7. The van der Waals surface area contributed by atoms with Crippen molar-refractivity contribution >= 4 is 123 Å². The zero-order chi connectivity index (χ0) is 96.9. The van der Waals surface area contributed by atoms with E-state index in [2.05, 4.69) is 434 Å². The molecule has 0 bridgehead atoms. The van der Waals surface area contributed by atoms with E-state index in [1.807, 2.05) is 0 Å². The molecule has 18 aromatic rings. The van der Waals surface area contributed by atoms with Gasteiger partial charge in [0.05, 0.1) is 61.1 Å². The molecule has 0 spiro atoms. The quantitative estimate of drug-likeness (QED) is 0.135. The second-order valence-corrected chi connectivity index (χ2v) is 44.4. The molecule has 0 atom stereocenters. The van der Waals surface area contributed by atoms with Gasteiger partial charge in [0.25, 0.3) is 6.71 Å². The molecule has 0 fully saturated rings. The summed E-state index contributed by atoms with van der Waals surface area (Å²) < 4.78 is 87.0. The molecule has 0 unspecified atom stereocenters. The molecule has 4 aromatic heterocycles. The fraction of sp³-hybridized carbons (Fsp3) is 0.264. The zero-order valence-corrected chi connectivity index (χ0v) is 78.9. The second kappa shape index (κ2) is 29.4. The average Bonchev–Trinajstić information content (AvgIpc) is 1.13. The molecule has 7 heteroatoms. The Kier molecular flexibility index (Phi) is 17.1. The van der Waals surface area contributed by atoms with Crippen molar-refractivity contribution in [1.82, 2.24) is 18.7 Å². The Labute approximate surface area is 770 Å². The van der Waals surface area contributed by atoms with Gasteiger partial charge in [0.2, 0.25) is 0 Å². The fourth-order valence-electron chi connectivity index (χ4n) is 19.8. The van der Waals surface area contributed by atoms with Crippen LogP contribution in [0.2, 0.25) is 0 Å². The summed E-state index contributed by atoms with van der Waals surface area (Å²) >= 11 is 0. The highest BCUT2D eigenvalue weighted by molar-refractivity contribution is 7.00. The second-order valence-electron chi connectivity index (χ2n) is 44.4. The van der Waals surface area contributed by atoms with Crippen molar-refractivity contribution in [2.75, 3.05) is 9.80 Å². The molecular formula is C121H121BN6. The van der Waals surface area contributed by atoms with Gasteiger partial charge in [-0.2, -0.15) is 0 Å². The van der Waals surface area contributed by atoms with Gasteiger partial charge in [0.15, 0.2) is 0 Å². The van der Waals surface area contributed by atoms with Crippen LogP contribution in [-0.2, 0) is 43.3 Å². The lowest BCUT2D eigenvalue weighted by Crippen LogP contribution is -2.61. The van der Waals surface area contributed by atoms with Crippen LogP contribution in [0.5, 0.6) is 0 Å². The predicted molar refractivity (Wildman–Crippen MR) is 553 cm³/mol. The van der Waals surface area contributed by atoms with Crippen molar-refractivity contribution in [1.29, 1.82) is 0 Å². The Bertz CT molecular complexity index is 7770. The molecule has 6 nitrogen and oxygen atoms in total. The van der Waals surface area contributed by atoms with Crippen LogP contribution in [0.15, 0.2) is 297 Å². The highest BCUT2D eigenvalue weighted by Gasteiger charge is 2.47. The Morgan fingerprint density at radius 3 is 0.836 bits per heavy atom. The minimum Gasteiger partial charge on any atom is -0.310 e. The molecule has 0 saturated heterocycles. The summed E-state index contributed by atoms with van der Waals surface area (Å²) in [5.41, 5.74) is 28.4. The number of aromatic nitrogens is 4. The van der Waals surface area contributed by atoms with E-state index in [0.29, 0.717) is 11.4 Å². The monoisotopic (exact) mass is 1680 g/mol. The standard InChI is InChI=1S/C121H121BN6/c1-114(2,3)78-48-56-101-93(62-78)94-63-79(115(4,5)6)49-57-102(94)124(101)84-52-54-97-105(70-84)127(112-89(74-38-28-25-29-39-74)66-82(118(13,14)15)67-90(112)75-40-30-26-31-41-75)107-72-86(126-99-46-36-34-44-87(99)88-45-35-37-47-100(88)126)73-108-111(107)122(97)98-55-53-85(125-103-58-50-80(116(7,8)9)64-95(103)96-65-81(117(10,11)12)51-59-104(96)125)71-106(98)128(108)113-91(76-42-32-27-33-43-76)68-83(119(16,17)18)69-92(113)77-60-109(120(19,20)21)123-110(61-77)121(22,23)24/h25-73H,1-24H3/i34D,35D,36D,37D,44D,45D,46D,47D. The number of fused-ring (bicyclic) bond motifs is 13. The molecule has 14 aromatic carbocycles. The van der Waals surface area contributed by atoms with E-state index in [4.69, 9.17) is 4.98 Å². The lowest BCUT2D eigenvalue weighted by atomic mass is 9.33. The minimum atomic E-state index is -0.622. The van der Waals surface area contributed by atoms with Gasteiger partial charge in [0.1, 0.15) is 0 Å². The number of anilines is 6. The van der Waals surface area contributed by atoms with Crippen LogP contribution in [0.25, 0.3) is 127 Å². The maximum Gasteiger partial charge on any atom is 0.252 e. The van der Waals surface area contributed by atoms with Crippen LogP contribution in [0.4, 0.5) is 34.1 Å². The van der Waals surface area contributed by atoms with Gasteiger partial charge in [-0.25, -0.2) is 0 Å². The summed E-state index contributed by atoms with van der Waals surface area (Å²) in [7, 11) is 0. The Morgan fingerprint density at radius 1 is 0.242 bits per heavy atom. The van der Waals surface area contributed by atoms with Crippen molar-refractivity contribution in [3.05, 3.63) is 342 Å². The Hall–Kier alpha value is -12.7. The normalized spacial score (nSPS) is 14.5. The molecule has 0 amide bonds. The summed E-state index contributed by atoms with van der Waals surface area (Å²) in [6.07, 6.45) is 0. The molecule has 2 aliphatic heterocycles. The average molecular weight is 1680 g/mol. The van der Waals surface area contributed by atoms with Gasteiger partial charge in [-0.05, 0) is 238 Å². The van der Waals surface area contributed by atoms with E-state index >= 15 is 0 Å². The van der Waals surface area contributed by atoms with Gasteiger partial charge >= 0.3 is 0 Å². The van der Waals surface area contributed by atoms with Crippen LogP contribution < -0.4 is 26.2 Å². The van der Waals surface area contributed by atoms with Crippen molar-refractivity contribution < 1.29 is 11.0 Å². The van der Waals surface area contributed by atoms with Gasteiger partial charge < -0.3 is 23.5 Å². The molecule has 2 aliphatic rings. The maximum absolute atomic E-state index is 10.5. The Balaban J connectivity index is 1.06. The summed E-state index contributed by atoms with van der Waals surface area (Å²) in [5, 5.41) is 4.53. The molecule has 0 radical (unpaired) electrons. The molecule has 128 heavy (non-hydrogen) atoms. The number of pyridine rings is 1. The van der Waals surface area contributed by atoms with Gasteiger partial charge in [-0.3, -0.25) is 4.98 Å². The van der Waals surface area contributed by atoms with Crippen molar-refractivity contribution in [3.63, 3.8) is 0 Å². The minimum absolute atomic E-state index is 0.00358. The SMILES string of the molecule is [2H]c1c([2H])c([2H])c2c(c1[2H])c1c([2H])c([2H])c([2H])c([2H])c1n2-c1cc2c3c(c1)N(c1c(-c4ccccc4)cc(C(C)(C)C)cc1-c1cc(C(C)(C)C)nc(C(C)(C)C)c1)c1cc(-n4c5ccc(C(C)(C)C)cc5c5cc(C(C)(C)C)ccc54)ccc1B3c1ccc(-n3c4ccc(C(C)(C)C)cc4c4cc(C(C)(C)C)ccc43)cc1N2c1c(-c2ccccc2)cc(C(C)(C)C)cc1-c1ccccc1. The largest absolute Gasteiger partial charge is 0.310 e. The van der Waals surface area contributed by atoms with Gasteiger partial charge in [-0.1, -0.05) is 330 Å². The molecule has 6 heterocycles. The lowest BCUT2D eigenvalue weighted by Gasteiger charge is -2.46. The molecule has 20 rings (SSSR count). The van der Waals surface area contributed by atoms with E-state index < -0.39 is 76.7 Å². The Morgan fingerprint density at radius 2 is 0.531 bits per heavy atom. The zero-order valence-electron chi connectivity index (χ0n) is 86.9. The van der Waals surface area contributed by atoms with Crippen LogP contribution in [-0.4, -0.2) is 25.4 Å². The summed E-state index contributed by atoms with van der Waals surface area (Å²) in [6.45, 7) is 54.0. The third-order valence-electron chi connectivity index (χ3n) is 27.2. The predicted octanol–water partition coefficient (Wildman–Crippen LogP) is 31.5. The van der Waals surface area contributed by atoms with E-state index in [9.17, 15) is 11.0 Å². The van der Waals surface area contributed by atoms with E-state index in [1.54, 1.807) is 4.57 Å². The topological polar surface area (TPSA) is 34.2 Å². The third-order valence-corrected chi connectivity index (χ3v) is 27.2. The number of nitrogens with zero attached hydrogens (tertiary/aromatic N) is 6. The van der Waals surface area contributed by atoms with Crippen LogP contribution in [0.3, 0.4) is 0 Å². The third kappa shape index (κ3) is 14.0. The number of hydrogen-bond acceptors (Lipinski definition) is 3. The summed E-state index contributed by atoms with van der Waals surface area (Å²) in [6, 6.07) is 89.7. The maximum atomic E-state index is 10.5. The first-order valence-electron chi connectivity index (χ1n) is 49.7. The molecule has 0 saturated carbocycles. The van der Waals surface area contributed by atoms with Crippen molar-refractivity contribution in [3.8, 4) is 61.6 Å². The number of benzene rings is 14. The van der Waals surface area contributed by atoms with E-state index in [0.717, 1.165) is 167 Å². The van der Waals surface area contributed by atoms with Crippen molar-refractivity contribution in [2.24, 2.45) is 0 Å². The van der Waals surface area contributed by atoms with Crippen molar-refractivity contribution in [2.45, 2.75) is 209 Å². The highest BCUT2D eigenvalue weighted by atomic mass is 15.2. The van der Waals surface area contributed by atoms with Gasteiger partial charge in [0, 0.05) is 111 Å². The highest BCUT2D eigenvalue weighted by Crippen LogP contribution is 2.57. The van der Waals surface area contributed by atoms with E-state index in [-0.39, 0.29) is 43.5 Å².